The zero-order valence-electron chi connectivity index (χ0n) is 11.8. The highest BCUT2D eigenvalue weighted by Crippen LogP contribution is 2.46. The molecule has 2 N–H and O–H groups in total. The third-order valence-electron chi connectivity index (χ3n) is 5.04. The van der Waals surface area contributed by atoms with E-state index in [1.54, 1.807) is 0 Å². The molecule has 1 fully saturated rings. The van der Waals surface area contributed by atoms with Crippen LogP contribution < -0.4 is 5.32 Å². The van der Waals surface area contributed by atoms with Crippen LogP contribution in [0.25, 0.3) is 0 Å². The topological polar surface area (TPSA) is 49.3 Å². The lowest BCUT2D eigenvalue weighted by Crippen LogP contribution is -2.42. The van der Waals surface area contributed by atoms with E-state index in [1.807, 2.05) is 13.8 Å². The van der Waals surface area contributed by atoms with Gasteiger partial charge in [-0.25, -0.2) is 0 Å². The summed E-state index contributed by atoms with van der Waals surface area (Å²) in [6.45, 7) is 11.1. The van der Waals surface area contributed by atoms with Gasteiger partial charge in [0.2, 0.25) is 5.91 Å². The molecule has 0 radical (unpaired) electrons. The van der Waals surface area contributed by atoms with Crippen LogP contribution in [0.2, 0.25) is 0 Å². The molecular formula is C14H27NO2. The normalized spacial score (nSPS) is 38.1. The number of aliphatic hydroxyl groups is 1. The van der Waals surface area contributed by atoms with Crippen molar-refractivity contribution < 1.29 is 9.90 Å². The summed E-state index contributed by atoms with van der Waals surface area (Å²) < 4.78 is 0. The minimum Gasteiger partial charge on any atom is -0.393 e. The van der Waals surface area contributed by atoms with Gasteiger partial charge in [0.25, 0.3) is 0 Å². The zero-order valence-corrected chi connectivity index (χ0v) is 11.8. The molecular weight excluding hydrogens is 214 g/mol. The summed E-state index contributed by atoms with van der Waals surface area (Å²) in [4.78, 5) is 11.8. The minimum absolute atomic E-state index is 0.0234. The molecule has 3 nitrogen and oxygen atoms in total. The van der Waals surface area contributed by atoms with Crippen LogP contribution in [0.15, 0.2) is 0 Å². The summed E-state index contributed by atoms with van der Waals surface area (Å²) in [6, 6.07) is 0. The van der Waals surface area contributed by atoms with Crippen LogP contribution in [-0.2, 0) is 4.79 Å². The Kier molecular flexibility index (Phi) is 4.59. The van der Waals surface area contributed by atoms with Crippen molar-refractivity contribution in [1.82, 2.24) is 5.32 Å². The summed E-state index contributed by atoms with van der Waals surface area (Å²) in [6.07, 6.45) is 1.60. The van der Waals surface area contributed by atoms with Gasteiger partial charge in [-0.2, -0.15) is 0 Å². The molecule has 17 heavy (non-hydrogen) atoms. The predicted molar refractivity (Wildman–Crippen MR) is 69.5 cm³/mol. The van der Waals surface area contributed by atoms with Gasteiger partial charge in [0, 0.05) is 12.5 Å². The largest absolute Gasteiger partial charge is 0.393 e. The van der Waals surface area contributed by atoms with E-state index in [-0.39, 0.29) is 29.3 Å². The third-order valence-corrected chi connectivity index (χ3v) is 5.04. The van der Waals surface area contributed by atoms with Crippen LogP contribution in [0.4, 0.5) is 0 Å². The maximum atomic E-state index is 11.8. The molecule has 100 valence electrons. The molecule has 3 heteroatoms. The number of carbonyl (C=O) groups is 1. The smallest absolute Gasteiger partial charge is 0.223 e. The first-order valence-corrected chi connectivity index (χ1v) is 6.80. The van der Waals surface area contributed by atoms with Crippen LogP contribution in [0, 0.1) is 23.2 Å². The molecule has 1 rings (SSSR count). The van der Waals surface area contributed by atoms with E-state index in [0.29, 0.717) is 5.92 Å². The van der Waals surface area contributed by atoms with Crippen molar-refractivity contribution in [1.29, 1.82) is 0 Å². The molecule has 1 amide bonds. The van der Waals surface area contributed by atoms with Gasteiger partial charge in [0.15, 0.2) is 0 Å². The maximum absolute atomic E-state index is 11.8. The first-order chi connectivity index (χ1) is 7.84. The van der Waals surface area contributed by atoms with Crippen LogP contribution in [0.1, 0.15) is 47.5 Å². The highest BCUT2D eigenvalue weighted by molar-refractivity contribution is 5.78. The number of carbonyl (C=O) groups excluding carboxylic acids is 1. The van der Waals surface area contributed by atoms with E-state index in [9.17, 15) is 9.90 Å². The molecule has 0 aliphatic carbocycles. The van der Waals surface area contributed by atoms with Gasteiger partial charge in [-0.05, 0) is 30.6 Å². The van der Waals surface area contributed by atoms with Crippen molar-refractivity contribution in [2.24, 2.45) is 23.2 Å². The molecule has 0 spiro atoms. The van der Waals surface area contributed by atoms with E-state index in [2.05, 4.69) is 26.1 Å². The summed E-state index contributed by atoms with van der Waals surface area (Å²) in [5.74, 6) is 0.731. The first-order valence-electron chi connectivity index (χ1n) is 6.80. The number of hydrogen-bond donors (Lipinski definition) is 2. The van der Waals surface area contributed by atoms with Crippen molar-refractivity contribution in [3.63, 3.8) is 0 Å². The van der Waals surface area contributed by atoms with Gasteiger partial charge in [-0.3, -0.25) is 4.79 Å². The van der Waals surface area contributed by atoms with E-state index in [1.165, 1.54) is 0 Å². The van der Waals surface area contributed by atoms with Crippen molar-refractivity contribution in [2.75, 3.05) is 6.54 Å². The molecule has 1 aliphatic rings. The molecule has 0 saturated carbocycles. The van der Waals surface area contributed by atoms with Gasteiger partial charge >= 0.3 is 0 Å². The van der Waals surface area contributed by atoms with Crippen LogP contribution >= 0.6 is 0 Å². The fourth-order valence-corrected chi connectivity index (χ4v) is 3.52. The molecule has 0 aromatic rings. The summed E-state index contributed by atoms with van der Waals surface area (Å²) in [5, 5.41) is 13.0. The second kappa shape index (κ2) is 5.38. The number of amides is 1. The second-order valence-electron chi connectivity index (χ2n) is 5.88. The summed E-state index contributed by atoms with van der Waals surface area (Å²) in [5.41, 5.74) is 0.0293. The number of rotatable bonds is 3. The molecule has 1 saturated heterocycles. The van der Waals surface area contributed by atoms with Crippen LogP contribution in [0.5, 0.6) is 0 Å². The number of aliphatic hydroxyl groups excluding tert-OH is 1. The SMILES string of the molecule is CCC(C(C)O)C1(C)CCNC(=O)C(C)C1C. The Hall–Kier alpha value is -0.570. The van der Waals surface area contributed by atoms with E-state index < -0.39 is 0 Å². The lowest BCUT2D eigenvalue weighted by atomic mass is 9.61. The third kappa shape index (κ3) is 2.65. The Bertz CT molecular complexity index is 277. The average molecular weight is 241 g/mol. The molecule has 0 aromatic heterocycles. The summed E-state index contributed by atoms with van der Waals surface area (Å²) in [7, 11) is 0. The van der Waals surface area contributed by atoms with Crippen molar-refractivity contribution >= 4 is 5.91 Å². The molecule has 1 heterocycles. The second-order valence-corrected chi connectivity index (χ2v) is 5.88. The monoisotopic (exact) mass is 241 g/mol. The Balaban J connectivity index is 3.02. The zero-order chi connectivity index (χ0) is 13.2. The van der Waals surface area contributed by atoms with Gasteiger partial charge in [0.1, 0.15) is 0 Å². The lowest BCUT2D eigenvalue weighted by molar-refractivity contribution is -0.126. The van der Waals surface area contributed by atoms with E-state index in [4.69, 9.17) is 0 Å². The fourth-order valence-electron chi connectivity index (χ4n) is 3.52. The van der Waals surface area contributed by atoms with Gasteiger partial charge in [-0.1, -0.05) is 34.1 Å². The predicted octanol–water partition coefficient (Wildman–Crippen LogP) is 2.19. The molecule has 1 aliphatic heterocycles. The summed E-state index contributed by atoms with van der Waals surface area (Å²) >= 11 is 0. The minimum atomic E-state index is -0.312. The Morgan fingerprint density at radius 2 is 2.12 bits per heavy atom. The van der Waals surface area contributed by atoms with Crippen LogP contribution in [-0.4, -0.2) is 23.7 Å². The van der Waals surface area contributed by atoms with Crippen molar-refractivity contribution in [3.05, 3.63) is 0 Å². The average Bonchev–Trinajstić information content (AvgIpc) is 2.34. The maximum Gasteiger partial charge on any atom is 0.223 e. The number of nitrogens with one attached hydrogen (secondary N) is 1. The molecule has 0 bridgehead atoms. The van der Waals surface area contributed by atoms with E-state index in [0.717, 1.165) is 19.4 Å². The van der Waals surface area contributed by atoms with Crippen LogP contribution in [0.3, 0.4) is 0 Å². The highest BCUT2D eigenvalue weighted by atomic mass is 16.3. The standard InChI is InChI=1S/C14H27NO2/c1-6-12(11(4)16)14(5)7-8-15-13(17)9(2)10(14)3/h9-12,16H,6-8H2,1-5H3,(H,15,17). The number of hydrogen-bond acceptors (Lipinski definition) is 2. The Labute approximate surface area is 105 Å². The Morgan fingerprint density at radius 1 is 1.53 bits per heavy atom. The van der Waals surface area contributed by atoms with Gasteiger partial charge in [-0.15, -0.1) is 0 Å². The quantitative estimate of drug-likeness (QED) is 0.796. The molecule has 5 unspecified atom stereocenters. The first kappa shape index (κ1) is 14.5. The Morgan fingerprint density at radius 3 is 2.59 bits per heavy atom. The lowest BCUT2D eigenvalue weighted by Gasteiger charge is -2.44. The molecule has 0 aromatic carbocycles. The van der Waals surface area contributed by atoms with Crippen molar-refractivity contribution in [3.8, 4) is 0 Å². The van der Waals surface area contributed by atoms with Gasteiger partial charge < -0.3 is 10.4 Å². The van der Waals surface area contributed by atoms with E-state index >= 15 is 0 Å². The van der Waals surface area contributed by atoms with Gasteiger partial charge in [0.05, 0.1) is 6.10 Å². The molecule has 5 atom stereocenters. The highest BCUT2D eigenvalue weighted by Gasteiger charge is 2.45. The fraction of sp³-hybridized carbons (Fsp3) is 0.929. The van der Waals surface area contributed by atoms with Crippen molar-refractivity contribution in [2.45, 2.75) is 53.6 Å².